The summed E-state index contributed by atoms with van der Waals surface area (Å²) < 4.78 is 22.5. The minimum Gasteiger partial charge on any atom is -0.490 e. The Morgan fingerprint density at radius 2 is 1.50 bits per heavy atom. The van der Waals surface area contributed by atoms with Gasteiger partial charge >= 0.3 is 5.69 Å². The second-order valence-corrected chi connectivity index (χ2v) is 8.05. The molecule has 40 heavy (non-hydrogen) atoms. The van der Waals surface area contributed by atoms with Gasteiger partial charge in [-0.2, -0.15) is 5.10 Å². The van der Waals surface area contributed by atoms with Gasteiger partial charge in [0.1, 0.15) is 0 Å². The number of amides is 1. The van der Waals surface area contributed by atoms with Gasteiger partial charge < -0.3 is 18.9 Å². The molecule has 3 aromatic rings. The van der Waals surface area contributed by atoms with Gasteiger partial charge in [-0.05, 0) is 68.3 Å². The molecule has 0 heterocycles. The highest BCUT2D eigenvalue weighted by molar-refractivity contribution is 5.95. The zero-order valence-electron chi connectivity index (χ0n) is 22.1. The molecule has 0 saturated heterocycles. The van der Waals surface area contributed by atoms with Crippen LogP contribution in [0.2, 0.25) is 0 Å². The standard InChI is InChI=1S/C27H28N4O9/c1-4-13-39-23-11-8-19(15-26(23)38-6-3)27(32)29-28-17-18-7-10-24(25(14-18)37-5-2)40-22-12-9-20(30(33)34)16-21(22)31(35)36/h7-12,14-17H,4-6,13H2,1-3H3,(H,29,32)/b28-17+. The van der Waals surface area contributed by atoms with E-state index in [-0.39, 0.29) is 23.9 Å². The molecule has 0 fully saturated rings. The van der Waals surface area contributed by atoms with Crippen LogP contribution < -0.4 is 24.4 Å². The second-order valence-electron chi connectivity index (χ2n) is 8.05. The Kier molecular flexibility index (Phi) is 10.3. The Morgan fingerprint density at radius 3 is 2.15 bits per heavy atom. The highest BCUT2D eigenvalue weighted by Crippen LogP contribution is 2.38. The van der Waals surface area contributed by atoms with E-state index in [9.17, 15) is 25.0 Å². The Bertz CT molecular complexity index is 1410. The average molecular weight is 553 g/mol. The van der Waals surface area contributed by atoms with E-state index in [2.05, 4.69) is 10.5 Å². The Morgan fingerprint density at radius 1 is 0.825 bits per heavy atom. The molecule has 0 aliphatic heterocycles. The normalized spacial score (nSPS) is 10.7. The van der Waals surface area contributed by atoms with E-state index in [1.54, 1.807) is 37.3 Å². The number of ether oxygens (including phenoxy) is 4. The summed E-state index contributed by atoms with van der Waals surface area (Å²) in [6, 6.07) is 12.6. The predicted octanol–water partition coefficient (Wildman–Crippen LogP) is 5.65. The summed E-state index contributed by atoms with van der Waals surface area (Å²) in [6.45, 7) is 6.76. The van der Waals surface area contributed by atoms with Crippen LogP contribution in [0.4, 0.5) is 11.4 Å². The van der Waals surface area contributed by atoms with Crippen LogP contribution in [0.25, 0.3) is 0 Å². The number of nitrogens with zero attached hydrogens (tertiary/aromatic N) is 3. The number of hydrogen-bond donors (Lipinski definition) is 1. The first-order valence-electron chi connectivity index (χ1n) is 12.4. The maximum absolute atomic E-state index is 12.6. The fourth-order valence-corrected chi connectivity index (χ4v) is 3.40. The van der Waals surface area contributed by atoms with Crippen molar-refractivity contribution in [1.82, 2.24) is 5.43 Å². The molecule has 13 nitrogen and oxygen atoms in total. The summed E-state index contributed by atoms with van der Waals surface area (Å²) in [5, 5.41) is 26.4. The largest absolute Gasteiger partial charge is 0.490 e. The van der Waals surface area contributed by atoms with Gasteiger partial charge in [0, 0.05) is 11.6 Å². The van der Waals surface area contributed by atoms with E-state index in [4.69, 9.17) is 18.9 Å². The highest BCUT2D eigenvalue weighted by Gasteiger charge is 2.22. The van der Waals surface area contributed by atoms with Crippen LogP contribution in [0.3, 0.4) is 0 Å². The first-order chi connectivity index (χ1) is 19.3. The zero-order chi connectivity index (χ0) is 29.1. The quantitative estimate of drug-likeness (QED) is 0.151. The van der Waals surface area contributed by atoms with Gasteiger partial charge in [-0.25, -0.2) is 5.43 Å². The summed E-state index contributed by atoms with van der Waals surface area (Å²) in [5.41, 5.74) is 2.31. The van der Waals surface area contributed by atoms with E-state index >= 15 is 0 Å². The Labute approximate surface area is 229 Å². The number of non-ortho nitro benzene ring substituents is 1. The van der Waals surface area contributed by atoms with Crippen molar-refractivity contribution in [2.24, 2.45) is 5.10 Å². The third kappa shape index (κ3) is 7.66. The zero-order valence-corrected chi connectivity index (χ0v) is 22.1. The molecule has 0 aromatic heterocycles. The fourth-order valence-electron chi connectivity index (χ4n) is 3.40. The van der Waals surface area contributed by atoms with E-state index in [0.29, 0.717) is 35.8 Å². The van der Waals surface area contributed by atoms with Crippen molar-refractivity contribution in [3.63, 3.8) is 0 Å². The van der Waals surface area contributed by atoms with Crippen molar-refractivity contribution < 1.29 is 33.6 Å². The van der Waals surface area contributed by atoms with Crippen LogP contribution in [0.5, 0.6) is 28.7 Å². The minimum atomic E-state index is -0.768. The molecule has 210 valence electrons. The third-order valence-electron chi connectivity index (χ3n) is 5.18. The van der Waals surface area contributed by atoms with Crippen LogP contribution in [-0.2, 0) is 0 Å². The lowest BCUT2D eigenvalue weighted by Crippen LogP contribution is -2.17. The van der Waals surface area contributed by atoms with Gasteiger partial charge in [0.15, 0.2) is 23.0 Å². The van der Waals surface area contributed by atoms with E-state index in [0.717, 1.165) is 24.6 Å². The molecule has 13 heteroatoms. The molecule has 3 rings (SSSR count). The van der Waals surface area contributed by atoms with Crippen molar-refractivity contribution in [3.05, 3.63) is 86.0 Å². The van der Waals surface area contributed by atoms with Crippen molar-refractivity contribution in [2.75, 3.05) is 19.8 Å². The molecule has 1 amide bonds. The molecule has 0 atom stereocenters. The number of carbonyl (C=O) groups is 1. The molecule has 0 aliphatic rings. The number of benzene rings is 3. The number of hydrazone groups is 1. The van der Waals surface area contributed by atoms with Crippen molar-refractivity contribution in [1.29, 1.82) is 0 Å². The monoisotopic (exact) mass is 552 g/mol. The lowest BCUT2D eigenvalue weighted by molar-refractivity contribution is -0.394. The van der Waals surface area contributed by atoms with Crippen LogP contribution in [0, 0.1) is 20.2 Å². The van der Waals surface area contributed by atoms with Gasteiger partial charge in [-0.15, -0.1) is 0 Å². The smallest absolute Gasteiger partial charge is 0.318 e. The number of nitrogens with one attached hydrogen (secondary N) is 1. The lowest BCUT2D eigenvalue weighted by Gasteiger charge is -2.13. The Hall–Kier alpha value is -5.20. The number of nitro groups is 2. The van der Waals surface area contributed by atoms with E-state index in [1.165, 1.54) is 12.3 Å². The van der Waals surface area contributed by atoms with Crippen LogP contribution in [0.1, 0.15) is 43.1 Å². The first-order valence-corrected chi connectivity index (χ1v) is 12.4. The molecule has 0 bridgehead atoms. The lowest BCUT2D eigenvalue weighted by atomic mass is 10.2. The third-order valence-corrected chi connectivity index (χ3v) is 5.18. The number of rotatable bonds is 14. The molecule has 3 aromatic carbocycles. The summed E-state index contributed by atoms with van der Waals surface area (Å²) >= 11 is 0. The van der Waals surface area contributed by atoms with E-state index < -0.39 is 27.1 Å². The fraction of sp³-hybridized carbons (Fsp3) is 0.259. The van der Waals surface area contributed by atoms with Gasteiger partial charge in [0.05, 0.1) is 41.9 Å². The number of nitro benzene ring substituents is 2. The molecule has 0 saturated carbocycles. The second kappa shape index (κ2) is 14.1. The SMILES string of the molecule is CCCOc1ccc(C(=O)N/N=C/c2ccc(Oc3ccc([N+](=O)[O-])cc3[N+](=O)[O-])c(OCC)c2)cc1OCC. The molecular formula is C27H28N4O9. The van der Waals surface area contributed by atoms with Crippen LogP contribution in [-0.4, -0.2) is 41.8 Å². The van der Waals surface area contributed by atoms with E-state index in [1.807, 2.05) is 13.8 Å². The first kappa shape index (κ1) is 29.4. The van der Waals surface area contributed by atoms with Gasteiger partial charge in [0.2, 0.25) is 5.75 Å². The summed E-state index contributed by atoms with van der Waals surface area (Å²) in [6.07, 6.45) is 2.22. The number of carbonyl (C=O) groups excluding carboxylic acids is 1. The highest BCUT2D eigenvalue weighted by atomic mass is 16.6. The molecule has 0 aliphatic carbocycles. The van der Waals surface area contributed by atoms with Crippen molar-refractivity contribution >= 4 is 23.5 Å². The summed E-state index contributed by atoms with van der Waals surface area (Å²) in [7, 11) is 0. The molecule has 1 N–H and O–H groups in total. The number of hydrogen-bond acceptors (Lipinski definition) is 10. The molecular weight excluding hydrogens is 524 g/mol. The van der Waals surface area contributed by atoms with Crippen molar-refractivity contribution in [3.8, 4) is 28.7 Å². The topological polar surface area (TPSA) is 165 Å². The van der Waals surface area contributed by atoms with Gasteiger partial charge in [-0.3, -0.25) is 25.0 Å². The summed E-state index contributed by atoms with van der Waals surface area (Å²) in [5.74, 6) is 0.743. The van der Waals surface area contributed by atoms with Gasteiger partial charge in [0.25, 0.3) is 11.6 Å². The van der Waals surface area contributed by atoms with Gasteiger partial charge in [-0.1, -0.05) is 6.92 Å². The van der Waals surface area contributed by atoms with Crippen molar-refractivity contribution in [2.45, 2.75) is 27.2 Å². The van der Waals surface area contributed by atoms with Crippen LogP contribution >= 0.6 is 0 Å². The molecule has 0 spiro atoms. The predicted molar refractivity (Wildman–Crippen MR) is 146 cm³/mol. The molecule has 0 radical (unpaired) electrons. The Balaban J connectivity index is 1.76. The molecule has 0 unspecified atom stereocenters. The maximum atomic E-state index is 12.6. The minimum absolute atomic E-state index is 0.147. The summed E-state index contributed by atoms with van der Waals surface area (Å²) in [4.78, 5) is 33.6. The van der Waals surface area contributed by atoms with Crippen LogP contribution in [0.15, 0.2) is 59.7 Å². The average Bonchev–Trinajstić information content (AvgIpc) is 2.93. The maximum Gasteiger partial charge on any atom is 0.318 e.